The topological polar surface area (TPSA) is 29.3 Å². The van der Waals surface area contributed by atoms with E-state index >= 15 is 0 Å². The summed E-state index contributed by atoms with van der Waals surface area (Å²) < 4.78 is 0. The fourth-order valence-corrected chi connectivity index (χ4v) is 3.75. The third kappa shape index (κ3) is 1.30. The monoisotopic (exact) mass is 236 g/mol. The molecule has 1 heterocycles. The van der Waals surface area contributed by atoms with Gasteiger partial charge in [0.15, 0.2) is 0 Å². The van der Waals surface area contributed by atoms with E-state index in [2.05, 4.69) is 18.0 Å². The zero-order valence-corrected chi connectivity index (χ0v) is 10.2. The van der Waals surface area contributed by atoms with Gasteiger partial charge >= 0.3 is 0 Å². The van der Waals surface area contributed by atoms with Crippen LogP contribution in [0.4, 0.5) is 5.69 Å². The van der Waals surface area contributed by atoms with E-state index in [0.29, 0.717) is 12.0 Å². The second-order valence-corrected chi connectivity index (χ2v) is 5.38. The predicted octanol–water partition coefficient (Wildman–Crippen LogP) is 2.96. The lowest BCUT2D eigenvalue weighted by Crippen LogP contribution is -2.44. The highest BCUT2D eigenvalue weighted by Crippen LogP contribution is 2.48. The van der Waals surface area contributed by atoms with Crippen molar-refractivity contribution in [1.29, 1.82) is 0 Å². The van der Waals surface area contributed by atoms with Crippen LogP contribution in [0.3, 0.4) is 0 Å². The van der Waals surface area contributed by atoms with Crippen molar-refractivity contribution in [3.63, 3.8) is 0 Å². The first-order valence-electron chi connectivity index (χ1n) is 5.97. The van der Waals surface area contributed by atoms with Crippen molar-refractivity contribution >= 4 is 17.3 Å². The van der Waals surface area contributed by atoms with Crippen LogP contribution in [-0.2, 0) is 0 Å². The summed E-state index contributed by atoms with van der Waals surface area (Å²) >= 11 is 6.30. The molecule has 1 aliphatic heterocycles. The number of rotatable bonds is 0. The van der Waals surface area contributed by atoms with E-state index in [1.165, 1.54) is 24.8 Å². The molecule has 1 aromatic carbocycles. The van der Waals surface area contributed by atoms with E-state index < -0.39 is 0 Å². The van der Waals surface area contributed by atoms with Gasteiger partial charge in [-0.05, 0) is 30.4 Å². The molecule has 1 aliphatic carbocycles. The predicted molar refractivity (Wildman–Crippen MR) is 67.9 cm³/mol. The number of fused-ring (bicyclic) bond motifs is 2. The molecule has 0 spiro atoms. The molecular formula is C13H17ClN2. The molecule has 2 aliphatic rings. The number of anilines is 1. The molecule has 0 bridgehead atoms. The first-order valence-corrected chi connectivity index (χ1v) is 6.35. The second kappa shape index (κ2) is 3.64. The summed E-state index contributed by atoms with van der Waals surface area (Å²) in [6.07, 6.45) is 3.79. The zero-order valence-electron chi connectivity index (χ0n) is 9.49. The zero-order chi connectivity index (χ0) is 11.3. The van der Waals surface area contributed by atoms with Gasteiger partial charge in [-0.3, -0.25) is 0 Å². The minimum atomic E-state index is 0.164. The second-order valence-electron chi connectivity index (χ2n) is 4.98. The third-order valence-electron chi connectivity index (χ3n) is 4.22. The number of nitrogens with two attached hydrogens (primary N) is 1. The number of nitrogens with zero attached hydrogens (tertiary/aromatic N) is 1. The molecule has 1 aromatic rings. The fourth-order valence-electron chi connectivity index (χ4n) is 3.44. The van der Waals surface area contributed by atoms with E-state index in [1.807, 2.05) is 12.1 Å². The molecule has 0 amide bonds. The van der Waals surface area contributed by atoms with Crippen molar-refractivity contribution < 1.29 is 0 Å². The van der Waals surface area contributed by atoms with Crippen LogP contribution in [0.2, 0.25) is 5.02 Å². The minimum Gasteiger partial charge on any atom is -0.370 e. The van der Waals surface area contributed by atoms with Crippen LogP contribution in [0, 0.1) is 5.92 Å². The molecule has 16 heavy (non-hydrogen) atoms. The Morgan fingerprint density at radius 1 is 1.38 bits per heavy atom. The van der Waals surface area contributed by atoms with E-state index in [9.17, 15) is 0 Å². The molecule has 3 heteroatoms. The maximum atomic E-state index is 6.38. The normalized spacial score (nSPS) is 32.4. The van der Waals surface area contributed by atoms with Gasteiger partial charge in [-0.1, -0.05) is 30.2 Å². The number of hydrogen-bond donors (Lipinski definition) is 1. The summed E-state index contributed by atoms with van der Waals surface area (Å²) in [7, 11) is 2.15. The lowest BCUT2D eigenvalue weighted by atomic mass is 9.84. The largest absolute Gasteiger partial charge is 0.370 e. The Hall–Kier alpha value is -0.730. The van der Waals surface area contributed by atoms with Gasteiger partial charge in [-0.2, -0.15) is 0 Å². The third-order valence-corrected chi connectivity index (χ3v) is 4.53. The summed E-state index contributed by atoms with van der Waals surface area (Å²) in [4.78, 5) is 2.35. The minimum absolute atomic E-state index is 0.164. The summed E-state index contributed by atoms with van der Waals surface area (Å²) in [5.74, 6) is 0.607. The van der Waals surface area contributed by atoms with Gasteiger partial charge in [-0.15, -0.1) is 0 Å². The van der Waals surface area contributed by atoms with Crippen molar-refractivity contribution in [2.45, 2.75) is 31.3 Å². The average molecular weight is 237 g/mol. The highest BCUT2D eigenvalue weighted by atomic mass is 35.5. The van der Waals surface area contributed by atoms with Crippen LogP contribution in [0.5, 0.6) is 0 Å². The highest BCUT2D eigenvalue weighted by Gasteiger charge is 2.41. The van der Waals surface area contributed by atoms with Crippen LogP contribution >= 0.6 is 11.6 Å². The summed E-state index contributed by atoms with van der Waals surface area (Å²) in [5.41, 5.74) is 8.75. The summed E-state index contributed by atoms with van der Waals surface area (Å²) in [6, 6.07) is 6.83. The molecule has 3 atom stereocenters. The first kappa shape index (κ1) is 10.4. The van der Waals surface area contributed by atoms with E-state index in [-0.39, 0.29) is 6.04 Å². The van der Waals surface area contributed by atoms with Gasteiger partial charge in [0.05, 0.1) is 10.7 Å². The van der Waals surface area contributed by atoms with Crippen LogP contribution in [0.1, 0.15) is 30.9 Å². The fraction of sp³-hybridized carbons (Fsp3) is 0.538. The van der Waals surface area contributed by atoms with Gasteiger partial charge < -0.3 is 10.6 Å². The number of benzene rings is 1. The SMILES string of the molecule is CN1c2c(Cl)cccc2C(N)C2CCCC21. The lowest BCUT2D eigenvalue weighted by molar-refractivity contribution is 0.370. The Labute approximate surface area is 101 Å². The molecule has 3 unspecified atom stereocenters. The van der Waals surface area contributed by atoms with E-state index in [1.54, 1.807) is 0 Å². The van der Waals surface area contributed by atoms with Crippen LogP contribution in [0.15, 0.2) is 18.2 Å². The smallest absolute Gasteiger partial charge is 0.0643 e. The molecule has 0 aromatic heterocycles. The summed E-state index contributed by atoms with van der Waals surface area (Å²) in [5, 5.41) is 0.834. The van der Waals surface area contributed by atoms with Gasteiger partial charge in [0.25, 0.3) is 0 Å². The molecule has 1 fully saturated rings. The molecule has 2 N–H and O–H groups in total. The van der Waals surface area contributed by atoms with Gasteiger partial charge in [0.1, 0.15) is 0 Å². The van der Waals surface area contributed by atoms with Crippen LogP contribution in [-0.4, -0.2) is 13.1 Å². The van der Waals surface area contributed by atoms with Gasteiger partial charge in [0, 0.05) is 19.1 Å². The Morgan fingerprint density at radius 2 is 2.19 bits per heavy atom. The van der Waals surface area contributed by atoms with Crippen molar-refractivity contribution in [2.24, 2.45) is 11.7 Å². The molecule has 2 nitrogen and oxygen atoms in total. The van der Waals surface area contributed by atoms with Crippen molar-refractivity contribution in [2.75, 3.05) is 11.9 Å². The molecule has 0 saturated heterocycles. The van der Waals surface area contributed by atoms with Crippen molar-refractivity contribution in [1.82, 2.24) is 0 Å². The standard InChI is InChI=1S/C13H17ClN2/c1-16-11-7-3-4-8(11)12(15)9-5-2-6-10(14)13(9)16/h2,5-6,8,11-12H,3-4,7,15H2,1H3. The number of halogens is 1. The molecule has 3 rings (SSSR count). The Balaban J connectivity index is 2.15. The van der Waals surface area contributed by atoms with Crippen LogP contribution in [0.25, 0.3) is 0 Å². The lowest BCUT2D eigenvalue weighted by Gasteiger charge is -2.42. The van der Waals surface area contributed by atoms with Gasteiger partial charge in [-0.25, -0.2) is 0 Å². The summed E-state index contributed by atoms with van der Waals surface area (Å²) in [6.45, 7) is 0. The molecule has 0 radical (unpaired) electrons. The van der Waals surface area contributed by atoms with Crippen LogP contribution < -0.4 is 10.6 Å². The Morgan fingerprint density at radius 3 is 3.00 bits per heavy atom. The van der Waals surface area contributed by atoms with Crippen molar-refractivity contribution in [3.05, 3.63) is 28.8 Å². The van der Waals surface area contributed by atoms with E-state index in [0.717, 1.165) is 10.7 Å². The number of para-hydroxylation sites is 1. The van der Waals surface area contributed by atoms with Crippen molar-refractivity contribution in [3.8, 4) is 0 Å². The first-order chi connectivity index (χ1) is 7.70. The van der Waals surface area contributed by atoms with Gasteiger partial charge in [0.2, 0.25) is 0 Å². The number of hydrogen-bond acceptors (Lipinski definition) is 2. The molecule has 86 valence electrons. The Bertz CT molecular complexity index is 418. The Kier molecular flexibility index (Phi) is 2.37. The molecule has 1 saturated carbocycles. The van der Waals surface area contributed by atoms with E-state index in [4.69, 9.17) is 17.3 Å². The highest BCUT2D eigenvalue weighted by molar-refractivity contribution is 6.33. The average Bonchev–Trinajstić information content (AvgIpc) is 2.75. The maximum absolute atomic E-state index is 6.38. The quantitative estimate of drug-likeness (QED) is 0.751. The molecular weight excluding hydrogens is 220 g/mol. The maximum Gasteiger partial charge on any atom is 0.0643 e.